The van der Waals surface area contributed by atoms with Crippen molar-refractivity contribution in [2.24, 2.45) is 5.92 Å². The molecule has 1 saturated carbocycles. The Kier molecular flexibility index (Phi) is 4.22. The quantitative estimate of drug-likeness (QED) is 0.890. The summed E-state index contributed by atoms with van der Waals surface area (Å²) in [6.45, 7) is 0. The van der Waals surface area contributed by atoms with Crippen molar-refractivity contribution in [2.45, 2.75) is 37.9 Å². The van der Waals surface area contributed by atoms with Crippen LogP contribution >= 0.6 is 0 Å². The molecule has 1 fully saturated rings. The van der Waals surface area contributed by atoms with Gasteiger partial charge in [-0.1, -0.05) is 0 Å². The second kappa shape index (κ2) is 5.72. The Morgan fingerprint density at radius 3 is 2.11 bits per heavy atom. The number of halogens is 3. The zero-order valence-corrected chi connectivity index (χ0v) is 10.8. The number of nitrogens with one attached hydrogen (secondary N) is 1. The van der Waals surface area contributed by atoms with Crippen LogP contribution in [0.1, 0.15) is 25.7 Å². The molecule has 1 aromatic rings. The molecule has 0 heterocycles. The van der Waals surface area contributed by atoms with E-state index in [9.17, 15) is 13.2 Å². The monoisotopic (exact) mass is 273 g/mol. The van der Waals surface area contributed by atoms with Gasteiger partial charge in [-0.25, -0.2) is 0 Å². The summed E-state index contributed by atoms with van der Waals surface area (Å²) in [5.41, 5.74) is 0.927. The fourth-order valence-corrected chi connectivity index (χ4v) is 2.49. The molecule has 0 saturated heterocycles. The molecule has 106 valence electrons. The zero-order valence-electron chi connectivity index (χ0n) is 10.8. The first-order chi connectivity index (χ1) is 8.99. The lowest BCUT2D eigenvalue weighted by atomic mass is 9.85. The van der Waals surface area contributed by atoms with Crippen molar-refractivity contribution >= 4 is 5.69 Å². The molecule has 19 heavy (non-hydrogen) atoms. The van der Waals surface area contributed by atoms with Crippen molar-refractivity contribution in [3.05, 3.63) is 24.3 Å². The Morgan fingerprint density at radius 1 is 1.05 bits per heavy atom. The molecular formula is C14H18F3NO. The first-order valence-electron chi connectivity index (χ1n) is 6.46. The predicted octanol–water partition coefficient (Wildman–Crippen LogP) is 4.23. The second-order valence-corrected chi connectivity index (χ2v) is 4.96. The summed E-state index contributed by atoms with van der Waals surface area (Å²) in [5.74, 6) is -0.354. The van der Waals surface area contributed by atoms with Crippen LogP contribution in [0.4, 0.5) is 18.9 Å². The number of hydrogen-bond acceptors (Lipinski definition) is 2. The molecule has 0 bridgehead atoms. The first-order valence-corrected chi connectivity index (χ1v) is 6.46. The van der Waals surface area contributed by atoms with Gasteiger partial charge in [0.05, 0.1) is 13.0 Å². The molecule has 0 spiro atoms. The van der Waals surface area contributed by atoms with Crippen LogP contribution in [0.5, 0.6) is 5.75 Å². The van der Waals surface area contributed by atoms with E-state index in [1.165, 1.54) is 0 Å². The third kappa shape index (κ3) is 3.78. The highest BCUT2D eigenvalue weighted by Gasteiger charge is 2.41. The van der Waals surface area contributed by atoms with E-state index in [-0.39, 0.29) is 18.9 Å². The van der Waals surface area contributed by atoms with Gasteiger partial charge in [0.25, 0.3) is 0 Å². The second-order valence-electron chi connectivity index (χ2n) is 4.96. The lowest BCUT2D eigenvalue weighted by Gasteiger charge is -2.30. The van der Waals surface area contributed by atoms with E-state index in [0.29, 0.717) is 12.8 Å². The lowest BCUT2D eigenvalue weighted by Crippen LogP contribution is -2.32. The minimum Gasteiger partial charge on any atom is -0.497 e. The zero-order chi connectivity index (χ0) is 13.9. The standard InChI is InChI=1S/C14H18F3NO/c1-19-13-8-6-12(7-9-13)18-11-4-2-10(3-5-11)14(15,16)17/h6-11,18H,2-5H2,1H3. The summed E-state index contributed by atoms with van der Waals surface area (Å²) in [5, 5.41) is 3.28. The molecule has 1 N–H and O–H groups in total. The van der Waals surface area contributed by atoms with Crippen LogP contribution in [-0.2, 0) is 0 Å². The number of methoxy groups -OCH3 is 1. The van der Waals surface area contributed by atoms with Crippen LogP contribution in [0.15, 0.2) is 24.3 Å². The third-order valence-corrected chi connectivity index (χ3v) is 3.65. The Bertz CT molecular complexity index is 394. The van der Waals surface area contributed by atoms with E-state index in [2.05, 4.69) is 5.32 Å². The Hall–Kier alpha value is -1.39. The normalized spacial score (nSPS) is 24.0. The van der Waals surface area contributed by atoms with Crippen LogP contribution in [0.25, 0.3) is 0 Å². The van der Waals surface area contributed by atoms with Crippen LogP contribution in [0.2, 0.25) is 0 Å². The van der Waals surface area contributed by atoms with E-state index in [0.717, 1.165) is 11.4 Å². The van der Waals surface area contributed by atoms with Crippen molar-refractivity contribution < 1.29 is 17.9 Å². The highest BCUT2D eigenvalue weighted by molar-refractivity contribution is 5.47. The minimum atomic E-state index is -4.04. The summed E-state index contributed by atoms with van der Waals surface area (Å²) in [6.07, 6.45) is -2.47. The maximum Gasteiger partial charge on any atom is 0.391 e. The molecule has 2 rings (SSSR count). The van der Waals surface area contributed by atoms with Gasteiger partial charge in [0.2, 0.25) is 0 Å². The van der Waals surface area contributed by atoms with E-state index in [1.807, 2.05) is 24.3 Å². The molecule has 0 unspecified atom stereocenters. The number of benzene rings is 1. The van der Waals surface area contributed by atoms with Crippen LogP contribution in [-0.4, -0.2) is 19.3 Å². The van der Waals surface area contributed by atoms with Crippen LogP contribution in [0, 0.1) is 5.92 Å². The SMILES string of the molecule is COc1ccc(NC2CCC(C(F)(F)F)CC2)cc1. The number of hydrogen-bond donors (Lipinski definition) is 1. The Morgan fingerprint density at radius 2 is 1.63 bits per heavy atom. The van der Waals surface area contributed by atoms with Gasteiger partial charge in [-0.15, -0.1) is 0 Å². The average Bonchev–Trinajstić information content (AvgIpc) is 2.39. The van der Waals surface area contributed by atoms with Gasteiger partial charge in [-0.05, 0) is 49.9 Å². The molecular weight excluding hydrogens is 255 g/mol. The summed E-state index contributed by atoms with van der Waals surface area (Å²) in [6, 6.07) is 7.57. The van der Waals surface area contributed by atoms with E-state index in [1.54, 1.807) is 7.11 Å². The molecule has 0 radical (unpaired) electrons. The van der Waals surface area contributed by atoms with Gasteiger partial charge in [0.15, 0.2) is 0 Å². The molecule has 0 atom stereocenters. The van der Waals surface area contributed by atoms with Gasteiger partial charge in [0.1, 0.15) is 5.75 Å². The fourth-order valence-electron chi connectivity index (χ4n) is 2.49. The molecule has 0 amide bonds. The maximum atomic E-state index is 12.5. The van der Waals surface area contributed by atoms with Gasteiger partial charge in [0, 0.05) is 11.7 Å². The molecule has 1 aliphatic rings. The molecule has 0 aromatic heterocycles. The minimum absolute atomic E-state index is 0.131. The summed E-state index contributed by atoms with van der Waals surface area (Å²) in [4.78, 5) is 0. The molecule has 1 aliphatic carbocycles. The lowest BCUT2D eigenvalue weighted by molar-refractivity contribution is -0.182. The largest absolute Gasteiger partial charge is 0.497 e. The number of ether oxygens (including phenoxy) is 1. The number of alkyl halides is 3. The van der Waals surface area contributed by atoms with E-state index < -0.39 is 12.1 Å². The molecule has 0 aliphatic heterocycles. The van der Waals surface area contributed by atoms with Gasteiger partial charge >= 0.3 is 6.18 Å². The number of anilines is 1. The Balaban J connectivity index is 1.85. The van der Waals surface area contributed by atoms with E-state index in [4.69, 9.17) is 4.74 Å². The average molecular weight is 273 g/mol. The molecule has 1 aromatic carbocycles. The third-order valence-electron chi connectivity index (χ3n) is 3.65. The fraction of sp³-hybridized carbons (Fsp3) is 0.571. The van der Waals surface area contributed by atoms with Crippen molar-refractivity contribution in [3.8, 4) is 5.75 Å². The van der Waals surface area contributed by atoms with Crippen LogP contribution < -0.4 is 10.1 Å². The van der Waals surface area contributed by atoms with Gasteiger partial charge in [-0.2, -0.15) is 13.2 Å². The predicted molar refractivity (Wildman–Crippen MR) is 68.4 cm³/mol. The highest BCUT2D eigenvalue weighted by Crippen LogP contribution is 2.38. The topological polar surface area (TPSA) is 21.3 Å². The first kappa shape index (κ1) is 14.0. The smallest absolute Gasteiger partial charge is 0.391 e. The van der Waals surface area contributed by atoms with E-state index >= 15 is 0 Å². The maximum absolute atomic E-state index is 12.5. The van der Waals surface area contributed by atoms with Crippen molar-refractivity contribution in [3.63, 3.8) is 0 Å². The van der Waals surface area contributed by atoms with Gasteiger partial charge < -0.3 is 10.1 Å². The van der Waals surface area contributed by atoms with Crippen molar-refractivity contribution in [2.75, 3.05) is 12.4 Å². The van der Waals surface area contributed by atoms with Gasteiger partial charge in [-0.3, -0.25) is 0 Å². The van der Waals surface area contributed by atoms with Crippen molar-refractivity contribution in [1.29, 1.82) is 0 Å². The van der Waals surface area contributed by atoms with Crippen LogP contribution in [0.3, 0.4) is 0 Å². The summed E-state index contributed by atoms with van der Waals surface area (Å²) in [7, 11) is 1.60. The highest BCUT2D eigenvalue weighted by atomic mass is 19.4. The molecule has 2 nitrogen and oxygen atoms in total. The summed E-state index contributed by atoms with van der Waals surface area (Å²) >= 11 is 0. The summed E-state index contributed by atoms with van der Waals surface area (Å²) < 4.78 is 42.7. The van der Waals surface area contributed by atoms with Crippen molar-refractivity contribution in [1.82, 2.24) is 0 Å². The number of rotatable bonds is 3. The Labute approximate surface area is 111 Å². The molecule has 5 heteroatoms.